The van der Waals surface area contributed by atoms with Crippen molar-refractivity contribution in [2.75, 3.05) is 27.2 Å². The molecule has 5 heteroatoms. The summed E-state index contributed by atoms with van der Waals surface area (Å²) in [6, 6.07) is 2.27. The lowest BCUT2D eigenvalue weighted by Crippen LogP contribution is -2.20. The van der Waals surface area contributed by atoms with Crippen LogP contribution in [0, 0.1) is 11.6 Å². The van der Waals surface area contributed by atoms with E-state index in [4.69, 9.17) is 10.5 Å². The fraction of sp³-hybridized carbons (Fsp3) is 0.538. The van der Waals surface area contributed by atoms with Gasteiger partial charge in [-0.15, -0.1) is 0 Å². The maximum atomic E-state index is 13.7. The third-order valence-corrected chi connectivity index (χ3v) is 2.76. The second-order valence-corrected chi connectivity index (χ2v) is 4.31. The van der Waals surface area contributed by atoms with Crippen LogP contribution in [0.5, 0.6) is 5.75 Å². The quantitative estimate of drug-likeness (QED) is 0.762. The first-order valence-corrected chi connectivity index (χ1v) is 5.99. The molecule has 0 aliphatic heterocycles. The lowest BCUT2D eigenvalue weighted by molar-refractivity contribution is 0.312. The van der Waals surface area contributed by atoms with Gasteiger partial charge in [0.05, 0.1) is 7.11 Å². The van der Waals surface area contributed by atoms with E-state index in [0.717, 1.165) is 25.5 Å². The summed E-state index contributed by atoms with van der Waals surface area (Å²) in [4.78, 5) is 1.94. The zero-order valence-electron chi connectivity index (χ0n) is 10.9. The van der Waals surface area contributed by atoms with Crippen LogP contribution in [0.1, 0.15) is 18.4 Å². The first-order valence-electron chi connectivity index (χ1n) is 5.99. The highest BCUT2D eigenvalue weighted by Crippen LogP contribution is 2.22. The zero-order valence-corrected chi connectivity index (χ0v) is 10.9. The van der Waals surface area contributed by atoms with Crippen LogP contribution in [-0.4, -0.2) is 32.1 Å². The van der Waals surface area contributed by atoms with Crippen LogP contribution < -0.4 is 10.5 Å². The molecule has 2 N–H and O–H groups in total. The van der Waals surface area contributed by atoms with Crippen LogP contribution in [-0.2, 0) is 6.54 Å². The Balaban J connectivity index is 2.64. The Morgan fingerprint density at radius 1 is 1.22 bits per heavy atom. The topological polar surface area (TPSA) is 38.5 Å². The molecule has 1 aromatic rings. The number of nitrogens with zero attached hydrogens (tertiary/aromatic N) is 1. The fourth-order valence-electron chi connectivity index (χ4n) is 1.74. The van der Waals surface area contributed by atoms with Crippen molar-refractivity contribution in [3.05, 3.63) is 29.3 Å². The molecule has 1 rings (SSSR count). The molecule has 18 heavy (non-hydrogen) atoms. The van der Waals surface area contributed by atoms with Crippen LogP contribution in [0.4, 0.5) is 8.78 Å². The minimum absolute atomic E-state index is 0.0676. The number of hydrogen-bond donors (Lipinski definition) is 1. The number of halogens is 2. The van der Waals surface area contributed by atoms with E-state index in [0.29, 0.717) is 18.7 Å². The molecule has 0 heterocycles. The summed E-state index contributed by atoms with van der Waals surface area (Å²) in [5.41, 5.74) is 5.74. The van der Waals surface area contributed by atoms with Crippen molar-refractivity contribution in [3.8, 4) is 5.75 Å². The van der Waals surface area contributed by atoms with Gasteiger partial charge >= 0.3 is 0 Å². The van der Waals surface area contributed by atoms with Crippen molar-refractivity contribution in [2.45, 2.75) is 19.4 Å². The van der Waals surface area contributed by atoms with Crippen molar-refractivity contribution in [1.82, 2.24) is 4.90 Å². The number of ether oxygens (including phenoxy) is 1. The molecule has 102 valence electrons. The number of hydrogen-bond acceptors (Lipinski definition) is 3. The SMILES string of the molecule is COc1cc(F)c(CN(C)CCCCN)cc1F. The minimum Gasteiger partial charge on any atom is -0.494 e. The van der Waals surface area contributed by atoms with Gasteiger partial charge in [-0.1, -0.05) is 0 Å². The maximum absolute atomic E-state index is 13.7. The summed E-state index contributed by atoms with van der Waals surface area (Å²) < 4.78 is 31.9. The molecule has 3 nitrogen and oxygen atoms in total. The van der Waals surface area contributed by atoms with E-state index in [-0.39, 0.29) is 5.75 Å². The summed E-state index contributed by atoms with van der Waals surface area (Å²) in [5.74, 6) is -1.05. The number of nitrogens with two attached hydrogens (primary N) is 1. The van der Waals surface area contributed by atoms with Gasteiger partial charge < -0.3 is 15.4 Å². The second-order valence-electron chi connectivity index (χ2n) is 4.31. The Labute approximate surface area is 107 Å². The lowest BCUT2D eigenvalue weighted by atomic mass is 10.1. The van der Waals surface area contributed by atoms with Crippen LogP contribution in [0.3, 0.4) is 0 Å². The van der Waals surface area contributed by atoms with Crippen LogP contribution in [0.2, 0.25) is 0 Å². The van der Waals surface area contributed by atoms with E-state index in [1.54, 1.807) is 0 Å². The molecule has 0 unspecified atom stereocenters. The zero-order chi connectivity index (χ0) is 13.5. The summed E-state index contributed by atoms with van der Waals surface area (Å²) >= 11 is 0. The predicted molar refractivity (Wildman–Crippen MR) is 67.5 cm³/mol. The molecule has 0 saturated heterocycles. The van der Waals surface area contributed by atoms with Crippen LogP contribution in [0.25, 0.3) is 0 Å². The minimum atomic E-state index is -0.538. The Morgan fingerprint density at radius 2 is 1.94 bits per heavy atom. The molecular weight excluding hydrogens is 238 g/mol. The van der Waals surface area contributed by atoms with Gasteiger partial charge in [-0.05, 0) is 39.0 Å². The summed E-state index contributed by atoms with van der Waals surface area (Å²) in [5, 5.41) is 0. The average Bonchev–Trinajstić information content (AvgIpc) is 2.33. The van der Waals surface area contributed by atoms with Crippen molar-refractivity contribution in [2.24, 2.45) is 5.73 Å². The van der Waals surface area contributed by atoms with Crippen LogP contribution in [0.15, 0.2) is 12.1 Å². The Kier molecular flexibility index (Phi) is 6.01. The Morgan fingerprint density at radius 3 is 2.56 bits per heavy atom. The highest BCUT2D eigenvalue weighted by atomic mass is 19.1. The summed E-state index contributed by atoms with van der Waals surface area (Å²) in [6.45, 7) is 1.83. The monoisotopic (exact) mass is 258 g/mol. The largest absolute Gasteiger partial charge is 0.494 e. The summed E-state index contributed by atoms with van der Waals surface area (Å²) in [6.07, 6.45) is 1.89. The maximum Gasteiger partial charge on any atom is 0.165 e. The fourth-order valence-corrected chi connectivity index (χ4v) is 1.74. The standard InChI is InChI=1S/C13H20F2N2O/c1-17(6-4-3-5-16)9-10-7-12(15)13(18-2)8-11(10)14/h7-8H,3-6,9,16H2,1-2H3. The molecule has 0 aromatic heterocycles. The summed E-state index contributed by atoms with van der Waals surface area (Å²) in [7, 11) is 3.19. The Hall–Kier alpha value is -1.20. The highest BCUT2D eigenvalue weighted by molar-refractivity contribution is 5.30. The van der Waals surface area contributed by atoms with E-state index < -0.39 is 11.6 Å². The number of unbranched alkanes of at least 4 members (excludes halogenated alkanes) is 1. The molecule has 0 saturated carbocycles. The van der Waals surface area contributed by atoms with Crippen LogP contribution >= 0.6 is 0 Å². The van der Waals surface area contributed by atoms with Crippen molar-refractivity contribution in [3.63, 3.8) is 0 Å². The molecule has 1 aromatic carbocycles. The van der Waals surface area contributed by atoms with E-state index >= 15 is 0 Å². The third-order valence-electron chi connectivity index (χ3n) is 2.76. The molecule has 0 aliphatic rings. The van der Waals surface area contributed by atoms with E-state index in [1.165, 1.54) is 13.2 Å². The lowest BCUT2D eigenvalue weighted by Gasteiger charge is -2.17. The Bertz CT molecular complexity index is 385. The van der Waals surface area contributed by atoms with Gasteiger partial charge in [0, 0.05) is 18.2 Å². The number of rotatable bonds is 7. The normalized spacial score (nSPS) is 11.0. The van der Waals surface area contributed by atoms with E-state index in [1.807, 2.05) is 11.9 Å². The van der Waals surface area contributed by atoms with Gasteiger partial charge in [0.15, 0.2) is 11.6 Å². The molecular formula is C13H20F2N2O. The molecule has 0 radical (unpaired) electrons. The molecule has 0 fully saturated rings. The van der Waals surface area contributed by atoms with Crippen molar-refractivity contribution in [1.29, 1.82) is 0 Å². The van der Waals surface area contributed by atoms with Gasteiger partial charge in [-0.2, -0.15) is 0 Å². The van der Waals surface area contributed by atoms with Gasteiger partial charge in [-0.3, -0.25) is 0 Å². The van der Waals surface area contributed by atoms with E-state index in [9.17, 15) is 8.78 Å². The first-order chi connectivity index (χ1) is 8.58. The smallest absolute Gasteiger partial charge is 0.165 e. The molecule has 0 atom stereocenters. The average molecular weight is 258 g/mol. The predicted octanol–water partition coefficient (Wildman–Crippen LogP) is 2.14. The van der Waals surface area contributed by atoms with Crippen molar-refractivity contribution < 1.29 is 13.5 Å². The first kappa shape index (κ1) is 14.9. The number of benzene rings is 1. The van der Waals surface area contributed by atoms with Gasteiger partial charge in [0.1, 0.15) is 5.82 Å². The van der Waals surface area contributed by atoms with Gasteiger partial charge in [0.25, 0.3) is 0 Å². The van der Waals surface area contributed by atoms with Gasteiger partial charge in [0.2, 0.25) is 0 Å². The van der Waals surface area contributed by atoms with E-state index in [2.05, 4.69) is 0 Å². The molecule has 0 aliphatic carbocycles. The van der Waals surface area contributed by atoms with Gasteiger partial charge in [-0.25, -0.2) is 8.78 Å². The molecule has 0 amide bonds. The molecule has 0 spiro atoms. The highest BCUT2D eigenvalue weighted by Gasteiger charge is 2.11. The molecule has 0 bridgehead atoms. The number of methoxy groups -OCH3 is 1. The third kappa shape index (κ3) is 4.23. The van der Waals surface area contributed by atoms with Crippen molar-refractivity contribution >= 4 is 0 Å². The second kappa shape index (κ2) is 7.28.